The number of nitrogens with one attached hydrogen (secondary N) is 3. The van der Waals surface area contributed by atoms with Crippen LogP contribution in [0.5, 0.6) is 0 Å². The van der Waals surface area contributed by atoms with Crippen LogP contribution in [-0.4, -0.2) is 34.0 Å². The van der Waals surface area contributed by atoms with Crippen LogP contribution in [0.3, 0.4) is 0 Å². The van der Waals surface area contributed by atoms with Crippen molar-refractivity contribution in [2.24, 2.45) is 0 Å². The molecule has 0 aliphatic carbocycles. The molecule has 0 saturated carbocycles. The summed E-state index contributed by atoms with van der Waals surface area (Å²) in [6.07, 6.45) is -4.44. The lowest BCUT2D eigenvalue weighted by atomic mass is 10.0. The van der Waals surface area contributed by atoms with E-state index in [-0.39, 0.29) is 12.3 Å². The Bertz CT molecular complexity index is 1220. The Hall–Kier alpha value is -4.02. The van der Waals surface area contributed by atoms with Crippen molar-refractivity contribution in [2.75, 3.05) is 12.0 Å². The van der Waals surface area contributed by atoms with Gasteiger partial charge in [0.2, 0.25) is 5.90 Å². The molecule has 0 unspecified atom stereocenters. The number of ether oxygens (including phenoxy) is 2. The Balaban J connectivity index is 1.90. The quantitative estimate of drug-likeness (QED) is 0.232. The van der Waals surface area contributed by atoms with Gasteiger partial charge in [0.25, 0.3) is 0 Å². The monoisotopic (exact) mass is 489 g/mol. The molecule has 11 heteroatoms. The van der Waals surface area contributed by atoms with Gasteiger partial charge >= 0.3 is 12.3 Å². The number of hydrogen-bond donors (Lipinski definition) is 3. The normalized spacial score (nSPS) is 11.6. The van der Waals surface area contributed by atoms with Crippen molar-refractivity contribution in [1.82, 2.24) is 15.2 Å². The van der Waals surface area contributed by atoms with E-state index in [2.05, 4.69) is 16.0 Å². The molecule has 1 heterocycles. The summed E-state index contributed by atoms with van der Waals surface area (Å²) < 4.78 is 52.6. The molecule has 0 fully saturated rings. The number of alkyl halides is 3. The molecule has 1 aromatic heterocycles. The number of carbonyl (C=O) groups excluding carboxylic acids is 1. The van der Waals surface area contributed by atoms with E-state index in [0.29, 0.717) is 16.8 Å². The number of anilines is 1. The fourth-order valence-electron chi connectivity index (χ4n) is 3.23. The van der Waals surface area contributed by atoms with Crippen molar-refractivity contribution in [2.45, 2.75) is 39.5 Å². The van der Waals surface area contributed by atoms with E-state index in [1.807, 2.05) is 0 Å². The molecule has 0 radical (unpaired) electrons. The Morgan fingerprint density at radius 3 is 2.37 bits per heavy atom. The molecule has 2 aromatic carbocycles. The highest BCUT2D eigenvalue weighted by molar-refractivity contribution is 5.93. The lowest BCUT2D eigenvalue weighted by molar-refractivity contribution is -0.143. The SMILES string of the molecule is CCOC(=N)c1cnn(-c2cccc(-c3cccc(NNC(=O)OC(C)(C)C)c3)c2)c1C(F)(F)F. The average Bonchev–Trinajstić information content (AvgIpc) is 3.23. The maximum Gasteiger partial charge on any atom is 0.434 e. The van der Waals surface area contributed by atoms with Gasteiger partial charge in [0.15, 0.2) is 5.69 Å². The van der Waals surface area contributed by atoms with Crippen molar-refractivity contribution < 1.29 is 27.4 Å². The molecule has 0 aliphatic heterocycles. The summed E-state index contributed by atoms with van der Waals surface area (Å²) in [7, 11) is 0. The highest BCUT2D eigenvalue weighted by Gasteiger charge is 2.40. The number of halogens is 3. The fourth-order valence-corrected chi connectivity index (χ4v) is 3.23. The van der Waals surface area contributed by atoms with Crippen molar-refractivity contribution in [1.29, 1.82) is 5.41 Å². The first kappa shape index (κ1) is 25.6. The van der Waals surface area contributed by atoms with Crippen LogP contribution in [0.1, 0.15) is 39.0 Å². The van der Waals surface area contributed by atoms with Gasteiger partial charge in [-0.15, -0.1) is 0 Å². The number of amides is 1. The van der Waals surface area contributed by atoms with Crippen molar-refractivity contribution in [3.8, 4) is 16.8 Å². The topological polar surface area (TPSA) is 101 Å². The summed E-state index contributed by atoms with van der Waals surface area (Å²) in [6.45, 7) is 6.87. The van der Waals surface area contributed by atoms with Crippen LogP contribution in [0.25, 0.3) is 16.8 Å². The zero-order chi connectivity index (χ0) is 25.8. The molecule has 3 rings (SSSR count). The Morgan fingerprint density at radius 2 is 1.74 bits per heavy atom. The molecular formula is C24H26F3N5O3. The minimum absolute atomic E-state index is 0.0595. The van der Waals surface area contributed by atoms with E-state index < -0.39 is 35.0 Å². The first-order chi connectivity index (χ1) is 16.4. The summed E-state index contributed by atoms with van der Waals surface area (Å²) in [6, 6.07) is 13.3. The first-order valence-corrected chi connectivity index (χ1v) is 10.7. The number of hydrogen-bond acceptors (Lipinski definition) is 6. The van der Waals surface area contributed by atoms with Gasteiger partial charge in [0, 0.05) is 0 Å². The van der Waals surface area contributed by atoms with Crippen LogP contribution in [0.2, 0.25) is 0 Å². The van der Waals surface area contributed by atoms with Crippen molar-refractivity contribution in [3.05, 3.63) is 66.0 Å². The van der Waals surface area contributed by atoms with E-state index in [1.165, 1.54) is 6.07 Å². The van der Waals surface area contributed by atoms with Gasteiger partial charge in [-0.1, -0.05) is 24.3 Å². The maximum absolute atomic E-state index is 13.9. The predicted octanol–water partition coefficient (Wildman–Crippen LogP) is 5.77. The molecule has 0 atom stereocenters. The molecule has 3 N–H and O–H groups in total. The van der Waals surface area contributed by atoms with Gasteiger partial charge in [-0.05, 0) is 63.1 Å². The number of hydrazine groups is 1. The lowest BCUT2D eigenvalue weighted by Crippen LogP contribution is -2.35. The van der Waals surface area contributed by atoms with Crippen LogP contribution in [0.15, 0.2) is 54.7 Å². The van der Waals surface area contributed by atoms with Crippen molar-refractivity contribution >= 4 is 17.7 Å². The zero-order valence-electron chi connectivity index (χ0n) is 19.7. The number of carbonyl (C=O) groups is 1. The fraction of sp³-hybridized carbons (Fsp3) is 0.292. The lowest BCUT2D eigenvalue weighted by Gasteiger charge is -2.20. The van der Waals surface area contributed by atoms with E-state index in [9.17, 15) is 18.0 Å². The highest BCUT2D eigenvalue weighted by atomic mass is 19.4. The van der Waals surface area contributed by atoms with Gasteiger partial charge in [-0.25, -0.2) is 14.9 Å². The summed E-state index contributed by atoms with van der Waals surface area (Å²) in [5, 5.41) is 11.7. The van der Waals surface area contributed by atoms with Crippen LogP contribution >= 0.6 is 0 Å². The van der Waals surface area contributed by atoms with Gasteiger partial charge in [0.05, 0.1) is 29.7 Å². The molecule has 8 nitrogen and oxygen atoms in total. The molecule has 0 saturated heterocycles. The summed E-state index contributed by atoms with van der Waals surface area (Å²) in [4.78, 5) is 11.9. The Morgan fingerprint density at radius 1 is 1.09 bits per heavy atom. The number of aromatic nitrogens is 2. The van der Waals surface area contributed by atoms with E-state index in [0.717, 1.165) is 10.9 Å². The number of nitrogens with zero attached hydrogens (tertiary/aromatic N) is 2. The first-order valence-electron chi connectivity index (χ1n) is 10.7. The number of rotatable bonds is 6. The molecule has 0 bridgehead atoms. The molecule has 0 aliphatic rings. The largest absolute Gasteiger partial charge is 0.478 e. The molecule has 186 valence electrons. The minimum atomic E-state index is -4.76. The zero-order valence-corrected chi connectivity index (χ0v) is 19.7. The smallest absolute Gasteiger partial charge is 0.434 e. The second-order valence-electron chi connectivity index (χ2n) is 8.46. The Kier molecular flexibility index (Phi) is 7.37. The van der Waals surface area contributed by atoms with Crippen molar-refractivity contribution in [3.63, 3.8) is 0 Å². The molecule has 3 aromatic rings. The predicted molar refractivity (Wildman–Crippen MR) is 125 cm³/mol. The molecule has 0 spiro atoms. The maximum atomic E-state index is 13.9. The van der Waals surface area contributed by atoms with E-state index in [4.69, 9.17) is 14.9 Å². The van der Waals surface area contributed by atoms with E-state index >= 15 is 0 Å². The highest BCUT2D eigenvalue weighted by Crippen LogP contribution is 2.35. The van der Waals surface area contributed by atoms with Gasteiger partial charge in [-0.3, -0.25) is 10.8 Å². The van der Waals surface area contributed by atoms with Gasteiger partial charge < -0.3 is 9.47 Å². The van der Waals surface area contributed by atoms with E-state index in [1.54, 1.807) is 70.2 Å². The second kappa shape index (κ2) is 10.1. The van der Waals surface area contributed by atoms with Crippen LogP contribution < -0.4 is 10.9 Å². The summed E-state index contributed by atoms with van der Waals surface area (Å²) in [5.41, 5.74) is 5.01. The molecular weight excluding hydrogens is 463 g/mol. The standard InChI is InChI=1S/C24H26F3N5O3/c1-5-34-21(28)19-14-29-32(20(19)24(25,26)27)18-11-7-9-16(13-18)15-8-6-10-17(12-15)30-31-22(33)35-23(2,3)4/h6-14,28,30H,5H2,1-4H3,(H,31,33). The van der Waals surface area contributed by atoms with Gasteiger partial charge in [-0.2, -0.15) is 18.3 Å². The number of benzene rings is 2. The van der Waals surface area contributed by atoms with Crippen LogP contribution in [0, 0.1) is 5.41 Å². The average molecular weight is 489 g/mol. The third-order valence-corrected chi connectivity index (χ3v) is 4.57. The van der Waals surface area contributed by atoms with Gasteiger partial charge in [0.1, 0.15) is 5.60 Å². The molecule has 1 amide bonds. The van der Waals surface area contributed by atoms with Crippen LogP contribution in [0.4, 0.5) is 23.7 Å². The molecule has 35 heavy (non-hydrogen) atoms. The third kappa shape index (κ3) is 6.52. The third-order valence-electron chi connectivity index (χ3n) is 4.57. The van der Waals surface area contributed by atoms with Crippen LogP contribution in [-0.2, 0) is 15.7 Å². The summed E-state index contributed by atoms with van der Waals surface area (Å²) >= 11 is 0. The summed E-state index contributed by atoms with van der Waals surface area (Å²) in [5.74, 6) is -0.599. The minimum Gasteiger partial charge on any atom is -0.478 e. The second-order valence-corrected chi connectivity index (χ2v) is 8.46. The Labute approximate surface area is 200 Å².